The van der Waals surface area contributed by atoms with Crippen LogP contribution in [0.2, 0.25) is 5.02 Å². The van der Waals surface area contributed by atoms with Crippen molar-refractivity contribution in [3.05, 3.63) is 76.8 Å². The molecule has 0 saturated heterocycles. The van der Waals surface area contributed by atoms with Crippen molar-refractivity contribution in [2.75, 3.05) is 11.9 Å². The van der Waals surface area contributed by atoms with E-state index in [0.29, 0.717) is 40.4 Å². The van der Waals surface area contributed by atoms with E-state index in [2.05, 4.69) is 41.6 Å². The standard InChI is InChI=1S/C28H28ClN3O3S/c1-4-13-34-21-8-6-7-19(14-21)26(33)32-28(36)31-23-16-20(9-11-22(23)29)27-30-24-15-18(17(3)5-2)10-12-25(24)35-27/h6-12,14-17H,4-5,13H2,1-3H3,(H2,31,32,33,36). The van der Waals surface area contributed by atoms with Gasteiger partial charge in [0.25, 0.3) is 5.91 Å². The Balaban J connectivity index is 1.49. The summed E-state index contributed by atoms with van der Waals surface area (Å²) in [5.74, 6) is 1.21. The van der Waals surface area contributed by atoms with Gasteiger partial charge in [-0.2, -0.15) is 0 Å². The largest absolute Gasteiger partial charge is 0.494 e. The number of fused-ring (bicyclic) bond motifs is 1. The Morgan fingerprint density at radius 3 is 2.75 bits per heavy atom. The molecule has 0 aliphatic carbocycles. The first-order valence-corrected chi connectivity index (χ1v) is 12.7. The maximum absolute atomic E-state index is 12.7. The Morgan fingerprint density at radius 1 is 1.14 bits per heavy atom. The van der Waals surface area contributed by atoms with E-state index in [0.717, 1.165) is 29.5 Å². The number of oxazole rings is 1. The number of amides is 1. The van der Waals surface area contributed by atoms with Crippen LogP contribution in [0.3, 0.4) is 0 Å². The first kappa shape index (κ1) is 25.7. The van der Waals surface area contributed by atoms with Crippen LogP contribution in [0, 0.1) is 0 Å². The second kappa shape index (κ2) is 11.5. The predicted octanol–water partition coefficient (Wildman–Crippen LogP) is 7.58. The van der Waals surface area contributed by atoms with Crippen LogP contribution < -0.4 is 15.4 Å². The summed E-state index contributed by atoms with van der Waals surface area (Å²) in [6.45, 7) is 6.96. The van der Waals surface area contributed by atoms with Gasteiger partial charge in [-0.1, -0.05) is 44.5 Å². The number of nitrogens with one attached hydrogen (secondary N) is 2. The second-order valence-electron chi connectivity index (χ2n) is 8.53. The van der Waals surface area contributed by atoms with E-state index < -0.39 is 0 Å². The van der Waals surface area contributed by atoms with E-state index in [4.69, 9.17) is 33.0 Å². The number of benzene rings is 3. The topological polar surface area (TPSA) is 76.4 Å². The number of ether oxygens (including phenoxy) is 1. The molecule has 3 aromatic carbocycles. The Labute approximate surface area is 221 Å². The van der Waals surface area contributed by atoms with Crippen molar-refractivity contribution in [2.45, 2.75) is 39.5 Å². The van der Waals surface area contributed by atoms with Gasteiger partial charge in [0, 0.05) is 11.1 Å². The monoisotopic (exact) mass is 521 g/mol. The molecular weight excluding hydrogens is 494 g/mol. The normalized spacial score (nSPS) is 11.8. The fourth-order valence-corrected chi connectivity index (χ4v) is 4.01. The summed E-state index contributed by atoms with van der Waals surface area (Å²) in [5.41, 5.74) is 4.46. The molecule has 1 unspecified atom stereocenters. The van der Waals surface area contributed by atoms with E-state index in [-0.39, 0.29) is 11.0 Å². The van der Waals surface area contributed by atoms with E-state index in [1.54, 1.807) is 30.3 Å². The molecule has 0 aliphatic rings. The van der Waals surface area contributed by atoms with Crippen LogP contribution >= 0.6 is 23.8 Å². The number of carbonyl (C=O) groups excluding carboxylic acids is 1. The summed E-state index contributed by atoms with van der Waals surface area (Å²) in [5, 5.41) is 6.25. The molecule has 186 valence electrons. The van der Waals surface area contributed by atoms with Crippen molar-refractivity contribution in [3.63, 3.8) is 0 Å². The Bertz CT molecular complexity index is 1400. The van der Waals surface area contributed by atoms with Gasteiger partial charge < -0.3 is 14.5 Å². The smallest absolute Gasteiger partial charge is 0.257 e. The molecule has 0 aliphatic heterocycles. The van der Waals surface area contributed by atoms with Crippen LogP contribution in [0.1, 0.15) is 55.5 Å². The van der Waals surface area contributed by atoms with Crippen LogP contribution in [0.25, 0.3) is 22.6 Å². The van der Waals surface area contributed by atoms with Crippen LogP contribution in [-0.2, 0) is 0 Å². The fraction of sp³-hybridized carbons (Fsp3) is 0.250. The molecule has 2 N–H and O–H groups in total. The number of anilines is 1. The molecule has 8 heteroatoms. The van der Waals surface area contributed by atoms with Gasteiger partial charge >= 0.3 is 0 Å². The number of thiocarbonyl (C=S) groups is 1. The van der Waals surface area contributed by atoms with Crippen molar-refractivity contribution in [2.24, 2.45) is 0 Å². The van der Waals surface area contributed by atoms with Gasteiger partial charge in [0.05, 0.1) is 17.3 Å². The molecule has 4 aromatic rings. The van der Waals surface area contributed by atoms with Gasteiger partial charge in [0.1, 0.15) is 11.3 Å². The van der Waals surface area contributed by atoms with Crippen LogP contribution in [-0.4, -0.2) is 22.6 Å². The van der Waals surface area contributed by atoms with E-state index in [9.17, 15) is 4.79 Å². The predicted molar refractivity (Wildman–Crippen MR) is 149 cm³/mol. The average molecular weight is 522 g/mol. The van der Waals surface area contributed by atoms with Crippen molar-refractivity contribution in [3.8, 4) is 17.2 Å². The second-order valence-corrected chi connectivity index (χ2v) is 9.35. The summed E-state index contributed by atoms with van der Waals surface area (Å²) < 4.78 is 11.6. The van der Waals surface area contributed by atoms with Crippen molar-refractivity contribution >= 4 is 51.6 Å². The van der Waals surface area contributed by atoms with Crippen molar-refractivity contribution in [1.29, 1.82) is 0 Å². The zero-order chi connectivity index (χ0) is 25.7. The van der Waals surface area contributed by atoms with E-state index in [1.165, 1.54) is 5.56 Å². The highest BCUT2D eigenvalue weighted by molar-refractivity contribution is 7.80. The molecule has 0 saturated carbocycles. The van der Waals surface area contributed by atoms with Crippen LogP contribution in [0.5, 0.6) is 5.75 Å². The molecule has 0 radical (unpaired) electrons. The zero-order valence-corrected chi connectivity index (χ0v) is 22.0. The highest BCUT2D eigenvalue weighted by atomic mass is 35.5. The third-order valence-corrected chi connectivity index (χ3v) is 6.38. The Morgan fingerprint density at radius 2 is 1.97 bits per heavy atom. The third kappa shape index (κ3) is 6.04. The molecular formula is C28H28ClN3O3S. The number of nitrogens with zero attached hydrogens (tertiary/aromatic N) is 1. The van der Waals surface area contributed by atoms with Gasteiger partial charge in [-0.15, -0.1) is 0 Å². The fourth-order valence-electron chi connectivity index (χ4n) is 3.64. The van der Waals surface area contributed by atoms with Gasteiger partial charge in [-0.25, -0.2) is 4.98 Å². The minimum absolute atomic E-state index is 0.120. The third-order valence-electron chi connectivity index (χ3n) is 5.85. The number of carbonyl (C=O) groups is 1. The summed E-state index contributed by atoms with van der Waals surface area (Å²) in [7, 11) is 0. The molecule has 0 bridgehead atoms. The highest BCUT2D eigenvalue weighted by Crippen LogP contribution is 2.32. The minimum Gasteiger partial charge on any atom is -0.494 e. The van der Waals surface area contributed by atoms with Gasteiger partial charge in [-0.05, 0) is 85.1 Å². The van der Waals surface area contributed by atoms with Gasteiger partial charge in [0.2, 0.25) is 5.89 Å². The number of hydrogen-bond acceptors (Lipinski definition) is 5. The van der Waals surface area contributed by atoms with Crippen molar-refractivity contribution in [1.82, 2.24) is 10.3 Å². The van der Waals surface area contributed by atoms with Crippen LogP contribution in [0.15, 0.2) is 65.1 Å². The highest BCUT2D eigenvalue weighted by Gasteiger charge is 2.14. The molecule has 6 nitrogen and oxygen atoms in total. The first-order valence-electron chi connectivity index (χ1n) is 11.9. The Kier molecular flexibility index (Phi) is 8.23. The molecule has 0 fully saturated rings. The van der Waals surface area contributed by atoms with Crippen LogP contribution in [0.4, 0.5) is 5.69 Å². The quantitative estimate of drug-likeness (QED) is 0.233. The summed E-state index contributed by atoms with van der Waals surface area (Å²) in [4.78, 5) is 17.4. The lowest BCUT2D eigenvalue weighted by Crippen LogP contribution is -2.34. The summed E-state index contributed by atoms with van der Waals surface area (Å²) >= 11 is 11.8. The van der Waals surface area contributed by atoms with Crippen molar-refractivity contribution < 1.29 is 13.9 Å². The lowest BCUT2D eigenvalue weighted by molar-refractivity contribution is 0.0977. The molecule has 36 heavy (non-hydrogen) atoms. The summed E-state index contributed by atoms with van der Waals surface area (Å²) in [6.07, 6.45) is 1.93. The maximum Gasteiger partial charge on any atom is 0.257 e. The lowest BCUT2D eigenvalue weighted by Gasteiger charge is -2.12. The molecule has 4 rings (SSSR count). The number of rotatable bonds is 8. The minimum atomic E-state index is -0.349. The zero-order valence-electron chi connectivity index (χ0n) is 20.4. The molecule has 1 aromatic heterocycles. The number of halogens is 1. The SMILES string of the molecule is CCCOc1cccc(C(=O)NC(=S)Nc2cc(-c3nc4cc(C(C)CC)ccc4o3)ccc2Cl)c1. The van der Waals surface area contributed by atoms with E-state index >= 15 is 0 Å². The number of hydrogen-bond donors (Lipinski definition) is 2. The lowest BCUT2D eigenvalue weighted by atomic mass is 9.98. The summed E-state index contributed by atoms with van der Waals surface area (Å²) in [6, 6.07) is 18.4. The van der Waals surface area contributed by atoms with Gasteiger partial charge in [-0.3, -0.25) is 10.1 Å². The molecule has 1 atom stereocenters. The number of aromatic nitrogens is 1. The van der Waals surface area contributed by atoms with Gasteiger partial charge in [0.15, 0.2) is 10.7 Å². The Hall–Kier alpha value is -3.42. The molecule has 1 amide bonds. The first-order chi connectivity index (χ1) is 17.4. The molecule has 1 heterocycles. The molecule has 0 spiro atoms. The maximum atomic E-state index is 12.7. The average Bonchev–Trinajstić information content (AvgIpc) is 3.32. The van der Waals surface area contributed by atoms with E-state index in [1.807, 2.05) is 25.1 Å².